The van der Waals surface area contributed by atoms with E-state index in [1.165, 1.54) is 6.20 Å². The summed E-state index contributed by atoms with van der Waals surface area (Å²) in [5.41, 5.74) is 22.0. The number of aromatic nitrogens is 4. The average Bonchev–Trinajstić information content (AvgIpc) is 2.96. The number of fused-ring (bicyclic) bond motifs is 1. The van der Waals surface area contributed by atoms with Crippen LogP contribution in [-0.4, -0.2) is 19.5 Å². The SMILES string of the molecule is Cn1cc(-c2ccnc(-c3c(N)cnc(N)c3N)n2)c2ccccc21. The van der Waals surface area contributed by atoms with Crippen LogP contribution in [0.1, 0.15) is 0 Å². The molecule has 0 amide bonds. The van der Waals surface area contributed by atoms with E-state index < -0.39 is 0 Å². The van der Waals surface area contributed by atoms with Crippen molar-refractivity contribution in [2.75, 3.05) is 17.2 Å². The smallest absolute Gasteiger partial charge is 0.164 e. The Morgan fingerprint density at radius 3 is 2.64 bits per heavy atom. The minimum absolute atomic E-state index is 0.211. The number of nitrogens with two attached hydrogens (primary N) is 3. The van der Waals surface area contributed by atoms with E-state index in [4.69, 9.17) is 17.2 Å². The molecule has 6 N–H and O–H groups in total. The molecule has 1 aromatic carbocycles. The van der Waals surface area contributed by atoms with Gasteiger partial charge in [-0.25, -0.2) is 15.0 Å². The van der Waals surface area contributed by atoms with Crippen LogP contribution in [-0.2, 0) is 7.05 Å². The van der Waals surface area contributed by atoms with Gasteiger partial charge in [0, 0.05) is 35.9 Å². The summed E-state index contributed by atoms with van der Waals surface area (Å²) in [6.07, 6.45) is 5.20. The lowest BCUT2D eigenvalue weighted by Gasteiger charge is -2.10. The first-order chi connectivity index (χ1) is 12.1. The fraction of sp³-hybridized carbons (Fsp3) is 0.0556. The highest BCUT2D eigenvalue weighted by Gasteiger charge is 2.16. The highest BCUT2D eigenvalue weighted by atomic mass is 14.9. The number of hydrogen-bond donors (Lipinski definition) is 3. The molecule has 0 fully saturated rings. The third-order valence-electron chi connectivity index (χ3n) is 4.23. The van der Waals surface area contributed by atoms with Gasteiger partial charge in [0.1, 0.15) is 5.82 Å². The lowest BCUT2D eigenvalue weighted by molar-refractivity contribution is 0.969. The van der Waals surface area contributed by atoms with Crippen molar-refractivity contribution in [3.63, 3.8) is 0 Å². The van der Waals surface area contributed by atoms with E-state index >= 15 is 0 Å². The number of aryl methyl sites for hydroxylation is 1. The van der Waals surface area contributed by atoms with Crippen LogP contribution < -0.4 is 17.2 Å². The quantitative estimate of drug-likeness (QED) is 0.518. The molecule has 7 nitrogen and oxygen atoms in total. The van der Waals surface area contributed by atoms with E-state index in [0.717, 1.165) is 22.2 Å². The van der Waals surface area contributed by atoms with Crippen molar-refractivity contribution in [2.24, 2.45) is 7.05 Å². The molecule has 124 valence electrons. The Kier molecular flexibility index (Phi) is 3.28. The van der Waals surface area contributed by atoms with Gasteiger partial charge in [-0.05, 0) is 12.1 Å². The maximum absolute atomic E-state index is 6.05. The zero-order valence-electron chi connectivity index (χ0n) is 13.6. The van der Waals surface area contributed by atoms with E-state index in [1.54, 1.807) is 6.20 Å². The molecular formula is C18H17N7. The summed E-state index contributed by atoms with van der Waals surface area (Å²) in [6.45, 7) is 0. The predicted molar refractivity (Wildman–Crippen MR) is 100 cm³/mol. The topological polar surface area (TPSA) is 122 Å². The number of hydrogen-bond acceptors (Lipinski definition) is 6. The van der Waals surface area contributed by atoms with Gasteiger partial charge >= 0.3 is 0 Å². The summed E-state index contributed by atoms with van der Waals surface area (Å²) in [7, 11) is 2.01. The first kappa shape index (κ1) is 14.9. The number of rotatable bonds is 2. The van der Waals surface area contributed by atoms with Gasteiger partial charge in [0.2, 0.25) is 0 Å². The Hall–Kier alpha value is -3.61. The third kappa shape index (κ3) is 2.33. The van der Waals surface area contributed by atoms with E-state index in [2.05, 4.69) is 31.7 Å². The van der Waals surface area contributed by atoms with Crippen molar-refractivity contribution >= 4 is 28.1 Å². The van der Waals surface area contributed by atoms with Crippen molar-refractivity contribution in [1.29, 1.82) is 0 Å². The normalized spacial score (nSPS) is 11.1. The minimum Gasteiger partial charge on any atom is -0.397 e. The minimum atomic E-state index is 0.211. The lowest BCUT2D eigenvalue weighted by atomic mass is 10.1. The van der Waals surface area contributed by atoms with E-state index in [-0.39, 0.29) is 11.5 Å². The van der Waals surface area contributed by atoms with E-state index in [9.17, 15) is 0 Å². The Morgan fingerprint density at radius 1 is 1.00 bits per heavy atom. The molecule has 0 unspecified atom stereocenters. The predicted octanol–water partition coefficient (Wildman–Crippen LogP) is 2.44. The van der Waals surface area contributed by atoms with Crippen LogP contribution >= 0.6 is 0 Å². The molecule has 0 saturated carbocycles. The molecule has 0 aliphatic carbocycles. The first-order valence-corrected chi connectivity index (χ1v) is 7.73. The van der Waals surface area contributed by atoms with E-state index in [0.29, 0.717) is 17.1 Å². The number of para-hydroxylation sites is 1. The molecule has 0 radical (unpaired) electrons. The van der Waals surface area contributed by atoms with Gasteiger partial charge in [-0.2, -0.15) is 0 Å². The number of benzene rings is 1. The molecule has 7 heteroatoms. The maximum Gasteiger partial charge on any atom is 0.164 e. The molecule has 25 heavy (non-hydrogen) atoms. The van der Waals surface area contributed by atoms with Crippen molar-refractivity contribution in [3.8, 4) is 22.6 Å². The molecule has 0 atom stereocenters. The molecule has 0 aliphatic heterocycles. The van der Waals surface area contributed by atoms with Crippen molar-refractivity contribution in [1.82, 2.24) is 19.5 Å². The van der Waals surface area contributed by atoms with Gasteiger partial charge in [0.05, 0.1) is 28.8 Å². The van der Waals surface area contributed by atoms with Crippen LogP contribution in [0, 0.1) is 0 Å². The maximum atomic E-state index is 6.05. The number of anilines is 3. The molecule has 0 spiro atoms. The van der Waals surface area contributed by atoms with Gasteiger partial charge < -0.3 is 21.8 Å². The zero-order valence-corrected chi connectivity index (χ0v) is 13.6. The van der Waals surface area contributed by atoms with Crippen LogP contribution in [0.15, 0.2) is 48.9 Å². The van der Waals surface area contributed by atoms with E-state index in [1.807, 2.05) is 31.4 Å². The number of pyridine rings is 1. The Bertz CT molecular complexity index is 1100. The summed E-state index contributed by atoms with van der Waals surface area (Å²) in [5.74, 6) is 0.637. The first-order valence-electron chi connectivity index (χ1n) is 7.73. The molecule has 4 aromatic rings. The van der Waals surface area contributed by atoms with Gasteiger partial charge in [-0.3, -0.25) is 0 Å². The van der Waals surface area contributed by atoms with Crippen molar-refractivity contribution < 1.29 is 0 Å². The van der Waals surface area contributed by atoms with Gasteiger partial charge in [-0.15, -0.1) is 0 Å². The number of nitrogens with zero attached hydrogens (tertiary/aromatic N) is 4. The van der Waals surface area contributed by atoms with Crippen LogP contribution in [0.25, 0.3) is 33.5 Å². The van der Waals surface area contributed by atoms with Gasteiger partial charge in [0.15, 0.2) is 5.82 Å². The van der Waals surface area contributed by atoms with Gasteiger partial charge in [0.25, 0.3) is 0 Å². The second-order valence-corrected chi connectivity index (χ2v) is 5.82. The second kappa shape index (κ2) is 5.48. The van der Waals surface area contributed by atoms with Crippen LogP contribution in [0.4, 0.5) is 17.2 Å². The fourth-order valence-corrected chi connectivity index (χ4v) is 2.98. The Morgan fingerprint density at radius 2 is 1.80 bits per heavy atom. The summed E-state index contributed by atoms with van der Waals surface area (Å²) < 4.78 is 2.07. The number of nitrogen functional groups attached to an aromatic ring is 3. The van der Waals surface area contributed by atoms with Crippen LogP contribution in [0.2, 0.25) is 0 Å². The standard InChI is InChI=1S/C18H17N7/c1-25-9-11(10-4-2-3-5-14(10)25)13-6-7-22-18(24-13)15-12(19)8-23-17(21)16(15)20/h2-9H,19-20H2,1H3,(H2,21,23). The Balaban J connectivity index is 1.93. The second-order valence-electron chi connectivity index (χ2n) is 5.82. The van der Waals surface area contributed by atoms with Crippen molar-refractivity contribution in [3.05, 3.63) is 48.9 Å². The molecule has 0 saturated heterocycles. The van der Waals surface area contributed by atoms with Crippen LogP contribution in [0.5, 0.6) is 0 Å². The largest absolute Gasteiger partial charge is 0.397 e. The summed E-state index contributed by atoms with van der Waals surface area (Å²) in [4.78, 5) is 13.0. The van der Waals surface area contributed by atoms with Gasteiger partial charge in [-0.1, -0.05) is 18.2 Å². The third-order valence-corrected chi connectivity index (χ3v) is 4.23. The summed E-state index contributed by atoms with van der Waals surface area (Å²) in [6, 6.07) is 10.0. The molecule has 0 bridgehead atoms. The summed E-state index contributed by atoms with van der Waals surface area (Å²) in [5, 5.41) is 1.12. The average molecular weight is 331 g/mol. The molecule has 3 heterocycles. The molecule has 4 rings (SSSR count). The molecular weight excluding hydrogens is 314 g/mol. The van der Waals surface area contributed by atoms with Crippen molar-refractivity contribution in [2.45, 2.75) is 0 Å². The summed E-state index contributed by atoms with van der Waals surface area (Å²) >= 11 is 0. The monoisotopic (exact) mass is 331 g/mol. The lowest BCUT2D eigenvalue weighted by Crippen LogP contribution is -2.05. The molecule has 3 aromatic heterocycles. The highest BCUT2D eigenvalue weighted by molar-refractivity contribution is 5.95. The zero-order chi connectivity index (χ0) is 17.6. The highest BCUT2D eigenvalue weighted by Crippen LogP contribution is 2.34. The van der Waals surface area contributed by atoms with Crippen LogP contribution in [0.3, 0.4) is 0 Å². The fourth-order valence-electron chi connectivity index (χ4n) is 2.98. The Labute approximate surface area is 144 Å². The molecule has 0 aliphatic rings.